The lowest BCUT2D eigenvalue weighted by atomic mass is 10.1. The number of hydrogen-bond donors (Lipinski definition) is 2. The first-order chi connectivity index (χ1) is 14.3. The summed E-state index contributed by atoms with van der Waals surface area (Å²) in [5.41, 5.74) is 1.62. The number of nitrogens with one attached hydrogen (secondary N) is 2. The normalized spacial score (nSPS) is 12.3. The van der Waals surface area contributed by atoms with Gasteiger partial charge in [0, 0.05) is 11.6 Å². The SMILES string of the molecule is O=C(NCc1ccc(Cl)cc1)C(Cc1ccccc1)NS(=O)(=O)c1ccc(F)cc1. The van der Waals surface area contributed by atoms with E-state index in [0.717, 1.165) is 35.4 Å². The van der Waals surface area contributed by atoms with E-state index in [0.29, 0.717) is 5.02 Å². The van der Waals surface area contributed by atoms with Crippen molar-refractivity contribution in [3.63, 3.8) is 0 Å². The summed E-state index contributed by atoms with van der Waals surface area (Å²) >= 11 is 5.87. The maximum Gasteiger partial charge on any atom is 0.241 e. The predicted molar refractivity (Wildman–Crippen MR) is 114 cm³/mol. The lowest BCUT2D eigenvalue weighted by Crippen LogP contribution is -2.47. The molecule has 0 saturated carbocycles. The molecule has 1 unspecified atom stereocenters. The van der Waals surface area contributed by atoms with E-state index in [-0.39, 0.29) is 17.9 Å². The van der Waals surface area contributed by atoms with Crippen LogP contribution in [-0.4, -0.2) is 20.4 Å². The minimum absolute atomic E-state index is 0.118. The van der Waals surface area contributed by atoms with Crippen LogP contribution >= 0.6 is 11.6 Å². The quantitative estimate of drug-likeness (QED) is 0.554. The molecule has 156 valence electrons. The number of carbonyl (C=O) groups is 1. The van der Waals surface area contributed by atoms with Crippen LogP contribution in [0.1, 0.15) is 11.1 Å². The van der Waals surface area contributed by atoms with Gasteiger partial charge in [-0.2, -0.15) is 4.72 Å². The van der Waals surface area contributed by atoms with Crippen LogP contribution in [0.5, 0.6) is 0 Å². The maximum atomic E-state index is 13.2. The Bertz CT molecular complexity index is 1090. The van der Waals surface area contributed by atoms with Crippen molar-refractivity contribution in [3.8, 4) is 0 Å². The molecule has 2 N–H and O–H groups in total. The second-order valence-electron chi connectivity index (χ2n) is 6.66. The van der Waals surface area contributed by atoms with Crippen LogP contribution in [0.25, 0.3) is 0 Å². The van der Waals surface area contributed by atoms with Crippen LogP contribution in [0.3, 0.4) is 0 Å². The van der Waals surface area contributed by atoms with Gasteiger partial charge < -0.3 is 5.32 Å². The molecule has 0 heterocycles. The van der Waals surface area contributed by atoms with Crippen LogP contribution in [0, 0.1) is 5.82 Å². The molecule has 0 aliphatic rings. The first-order valence-electron chi connectivity index (χ1n) is 9.17. The molecule has 0 radical (unpaired) electrons. The van der Waals surface area contributed by atoms with Gasteiger partial charge in [-0.15, -0.1) is 0 Å². The van der Waals surface area contributed by atoms with E-state index in [1.807, 2.05) is 30.3 Å². The van der Waals surface area contributed by atoms with Gasteiger partial charge in [0.05, 0.1) is 4.90 Å². The van der Waals surface area contributed by atoms with Gasteiger partial charge in [0.25, 0.3) is 0 Å². The highest BCUT2D eigenvalue weighted by molar-refractivity contribution is 7.89. The number of halogens is 2. The largest absolute Gasteiger partial charge is 0.351 e. The van der Waals surface area contributed by atoms with Gasteiger partial charge in [0.15, 0.2) is 0 Å². The second kappa shape index (κ2) is 9.84. The highest BCUT2D eigenvalue weighted by Crippen LogP contribution is 2.13. The Kier molecular flexibility index (Phi) is 7.20. The number of benzene rings is 3. The monoisotopic (exact) mass is 446 g/mol. The molecule has 3 aromatic carbocycles. The van der Waals surface area contributed by atoms with E-state index in [9.17, 15) is 17.6 Å². The van der Waals surface area contributed by atoms with E-state index in [1.165, 1.54) is 0 Å². The van der Waals surface area contributed by atoms with E-state index >= 15 is 0 Å². The van der Waals surface area contributed by atoms with E-state index < -0.39 is 27.8 Å². The molecule has 1 atom stereocenters. The minimum atomic E-state index is -4.02. The first kappa shape index (κ1) is 22.0. The average Bonchev–Trinajstić information content (AvgIpc) is 2.73. The van der Waals surface area contributed by atoms with Crippen molar-refractivity contribution in [3.05, 3.63) is 101 Å². The average molecular weight is 447 g/mol. The van der Waals surface area contributed by atoms with Gasteiger partial charge in [0.2, 0.25) is 15.9 Å². The Hall–Kier alpha value is -2.74. The summed E-state index contributed by atoms with van der Waals surface area (Å²) in [6, 6.07) is 19.4. The van der Waals surface area contributed by atoms with Gasteiger partial charge >= 0.3 is 0 Å². The Balaban J connectivity index is 1.77. The van der Waals surface area contributed by atoms with Crippen molar-refractivity contribution in [1.82, 2.24) is 10.0 Å². The molecule has 1 amide bonds. The molecule has 3 aromatic rings. The van der Waals surface area contributed by atoms with Crippen molar-refractivity contribution in [1.29, 1.82) is 0 Å². The maximum absolute atomic E-state index is 13.2. The molecule has 0 aromatic heterocycles. The lowest BCUT2D eigenvalue weighted by Gasteiger charge is -2.19. The Morgan fingerprint density at radius 2 is 1.53 bits per heavy atom. The highest BCUT2D eigenvalue weighted by atomic mass is 35.5. The number of sulfonamides is 1. The summed E-state index contributed by atoms with van der Waals surface area (Å²) < 4.78 is 41.1. The molecule has 0 aliphatic heterocycles. The van der Waals surface area contributed by atoms with Crippen molar-refractivity contribution in [2.45, 2.75) is 23.9 Å². The van der Waals surface area contributed by atoms with Crippen molar-refractivity contribution < 1.29 is 17.6 Å². The smallest absolute Gasteiger partial charge is 0.241 e. The summed E-state index contributed by atoms with van der Waals surface area (Å²) in [5, 5.41) is 3.34. The van der Waals surface area contributed by atoms with Gasteiger partial charge in [-0.1, -0.05) is 54.1 Å². The van der Waals surface area contributed by atoms with Crippen molar-refractivity contribution >= 4 is 27.5 Å². The highest BCUT2D eigenvalue weighted by Gasteiger charge is 2.26. The van der Waals surface area contributed by atoms with Crippen LogP contribution in [-0.2, 0) is 27.8 Å². The topological polar surface area (TPSA) is 75.3 Å². The predicted octanol–water partition coefficient (Wildman–Crippen LogP) is 3.69. The summed E-state index contributed by atoms with van der Waals surface area (Å²) in [6.45, 7) is 0.222. The molecule has 0 bridgehead atoms. The molecule has 8 heteroatoms. The molecule has 30 heavy (non-hydrogen) atoms. The van der Waals surface area contributed by atoms with E-state index in [2.05, 4.69) is 10.0 Å². The molecule has 0 aliphatic carbocycles. The third kappa shape index (κ3) is 6.13. The first-order valence-corrected chi connectivity index (χ1v) is 11.0. The third-order valence-corrected chi connectivity index (χ3v) is 6.14. The summed E-state index contributed by atoms with van der Waals surface area (Å²) in [4.78, 5) is 12.7. The van der Waals surface area contributed by atoms with Crippen LogP contribution < -0.4 is 10.0 Å². The van der Waals surface area contributed by atoms with Gasteiger partial charge in [-0.25, -0.2) is 12.8 Å². The fraction of sp³-hybridized carbons (Fsp3) is 0.136. The number of carbonyl (C=O) groups excluding carboxylic acids is 1. The lowest BCUT2D eigenvalue weighted by molar-refractivity contribution is -0.122. The molecule has 0 fully saturated rings. The standard InChI is InChI=1S/C22H20ClFN2O3S/c23-18-8-6-17(7-9-18)15-25-22(27)21(14-16-4-2-1-3-5-16)26-30(28,29)20-12-10-19(24)11-13-20/h1-13,21,26H,14-15H2,(H,25,27). The summed E-state index contributed by atoms with van der Waals surface area (Å²) in [7, 11) is -4.02. The zero-order valence-corrected chi connectivity index (χ0v) is 17.5. The molecular weight excluding hydrogens is 427 g/mol. The van der Waals surface area contributed by atoms with Crippen molar-refractivity contribution in [2.24, 2.45) is 0 Å². The third-order valence-electron chi connectivity index (χ3n) is 4.40. The Labute approximate surface area is 179 Å². The molecule has 3 rings (SSSR count). The van der Waals surface area contributed by atoms with Crippen LogP contribution in [0.2, 0.25) is 5.02 Å². The van der Waals surface area contributed by atoms with Gasteiger partial charge in [-0.3, -0.25) is 4.79 Å². The zero-order chi connectivity index (χ0) is 21.6. The number of rotatable bonds is 8. The summed E-state index contributed by atoms with van der Waals surface area (Å²) in [5.74, 6) is -1.02. The van der Waals surface area contributed by atoms with Crippen LogP contribution in [0.4, 0.5) is 4.39 Å². The number of amides is 1. The van der Waals surface area contributed by atoms with Crippen LogP contribution in [0.15, 0.2) is 83.8 Å². The molecule has 0 saturated heterocycles. The van der Waals surface area contributed by atoms with E-state index in [1.54, 1.807) is 24.3 Å². The minimum Gasteiger partial charge on any atom is -0.351 e. The van der Waals surface area contributed by atoms with Gasteiger partial charge in [0.1, 0.15) is 11.9 Å². The molecule has 0 spiro atoms. The zero-order valence-electron chi connectivity index (χ0n) is 15.9. The fourth-order valence-corrected chi connectivity index (χ4v) is 4.14. The molecule has 5 nitrogen and oxygen atoms in total. The van der Waals surface area contributed by atoms with E-state index in [4.69, 9.17) is 11.6 Å². The summed E-state index contributed by atoms with van der Waals surface area (Å²) in [6.07, 6.45) is 0.160. The Morgan fingerprint density at radius 3 is 2.17 bits per heavy atom. The number of hydrogen-bond acceptors (Lipinski definition) is 3. The molecular formula is C22H20ClFN2O3S. The van der Waals surface area contributed by atoms with Gasteiger partial charge in [-0.05, 0) is 53.9 Å². The fourth-order valence-electron chi connectivity index (χ4n) is 2.82. The van der Waals surface area contributed by atoms with Crippen molar-refractivity contribution in [2.75, 3.05) is 0 Å². The Morgan fingerprint density at radius 1 is 0.900 bits per heavy atom. The second-order valence-corrected chi connectivity index (χ2v) is 8.81.